The Bertz CT molecular complexity index is 943. The predicted octanol–water partition coefficient (Wildman–Crippen LogP) is 2.86. The molecular weight excluding hydrogens is 456 g/mol. The summed E-state index contributed by atoms with van der Waals surface area (Å²) in [4.78, 5) is 12.3. The monoisotopic (exact) mass is 480 g/mol. The Morgan fingerprint density at radius 1 is 1.00 bits per heavy atom. The number of halogens is 1. The van der Waals surface area contributed by atoms with Crippen molar-refractivity contribution in [1.29, 1.82) is 0 Å². The third-order valence-corrected chi connectivity index (χ3v) is 7.48. The summed E-state index contributed by atoms with van der Waals surface area (Å²) in [5.74, 6) is -0.137. The van der Waals surface area contributed by atoms with Crippen molar-refractivity contribution < 1.29 is 17.9 Å². The van der Waals surface area contributed by atoms with E-state index in [4.69, 9.17) is 4.74 Å². The van der Waals surface area contributed by atoms with Gasteiger partial charge in [-0.1, -0.05) is 58.4 Å². The maximum atomic E-state index is 12.7. The third kappa shape index (κ3) is 6.37. The van der Waals surface area contributed by atoms with Gasteiger partial charge in [0.05, 0.1) is 19.0 Å². The topological polar surface area (TPSA) is 75.7 Å². The van der Waals surface area contributed by atoms with E-state index in [-0.39, 0.29) is 11.7 Å². The lowest BCUT2D eigenvalue weighted by atomic mass is 10.1. The van der Waals surface area contributed by atoms with Gasteiger partial charge < -0.3 is 10.1 Å². The fraction of sp³-hybridized carbons (Fsp3) is 0.381. The highest BCUT2D eigenvalue weighted by Crippen LogP contribution is 2.18. The molecular formula is C21H25BrN2O4S. The zero-order chi connectivity index (χ0) is 20.7. The lowest BCUT2D eigenvalue weighted by Gasteiger charge is -2.26. The second-order valence-corrected chi connectivity index (χ2v) is 9.73. The molecule has 1 N–H and O–H groups in total. The quantitative estimate of drug-likeness (QED) is 0.630. The van der Waals surface area contributed by atoms with E-state index in [0.717, 1.165) is 15.6 Å². The summed E-state index contributed by atoms with van der Waals surface area (Å²) in [6, 6.07) is 15.2. The molecule has 0 radical (unpaired) electrons. The molecule has 0 saturated carbocycles. The van der Waals surface area contributed by atoms with E-state index in [1.807, 2.05) is 42.5 Å². The Morgan fingerprint density at radius 2 is 1.62 bits per heavy atom. The van der Waals surface area contributed by atoms with Crippen molar-refractivity contribution in [2.75, 3.05) is 26.3 Å². The molecule has 0 bridgehead atoms. The number of hydrogen-bond acceptors (Lipinski definition) is 4. The zero-order valence-corrected chi connectivity index (χ0v) is 18.5. The van der Waals surface area contributed by atoms with Crippen molar-refractivity contribution in [3.8, 4) is 0 Å². The molecule has 0 spiro atoms. The van der Waals surface area contributed by atoms with Crippen LogP contribution >= 0.6 is 15.9 Å². The standard InChI is InChI=1S/C21H25BrN2O4S/c22-20-8-4-3-5-17(20)9-10-21(25)23-15-18-6-1-2-7-19(18)16-29(26,27)24-11-13-28-14-12-24/h1-8H,9-16H2,(H,23,25). The average Bonchev–Trinajstić information content (AvgIpc) is 2.73. The van der Waals surface area contributed by atoms with Crippen LogP contribution in [0.5, 0.6) is 0 Å². The van der Waals surface area contributed by atoms with Gasteiger partial charge >= 0.3 is 0 Å². The average molecular weight is 481 g/mol. The lowest BCUT2D eigenvalue weighted by molar-refractivity contribution is -0.121. The minimum absolute atomic E-state index is 0.0633. The van der Waals surface area contributed by atoms with E-state index in [1.165, 1.54) is 4.31 Å². The number of hydrogen-bond donors (Lipinski definition) is 1. The molecule has 0 atom stereocenters. The number of carbonyl (C=O) groups excluding carboxylic acids is 1. The maximum Gasteiger partial charge on any atom is 0.220 e. The molecule has 1 heterocycles. The number of amides is 1. The fourth-order valence-electron chi connectivity index (χ4n) is 3.21. The van der Waals surface area contributed by atoms with Crippen molar-refractivity contribution in [1.82, 2.24) is 9.62 Å². The van der Waals surface area contributed by atoms with Crippen LogP contribution in [-0.4, -0.2) is 44.9 Å². The Kier molecular flexibility index (Phi) is 7.83. The van der Waals surface area contributed by atoms with Crippen LogP contribution in [0, 0.1) is 0 Å². The number of aryl methyl sites for hydroxylation is 1. The van der Waals surface area contributed by atoms with Gasteiger partial charge in [0.1, 0.15) is 0 Å². The Hall–Kier alpha value is -1.74. The predicted molar refractivity (Wildman–Crippen MR) is 116 cm³/mol. The molecule has 1 saturated heterocycles. The molecule has 3 rings (SSSR count). The molecule has 29 heavy (non-hydrogen) atoms. The molecule has 1 fully saturated rings. The van der Waals surface area contributed by atoms with E-state index >= 15 is 0 Å². The second kappa shape index (κ2) is 10.3. The zero-order valence-electron chi connectivity index (χ0n) is 16.1. The minimum Gasteiger partial charge on any atom is -0.379 e. The summed E-state index contributed by atoms with van der Waals surface area (Å²) in [5.41, 5.74) is 2.61. The van der Waals surface area contributed by atoms with Gasteiger partial charge in [-0.15, -0.1) is 0 Å². The number of morpholine rings is 1. The number of nitrogens with one attached hydrogen (secondary N) is 1. The van der Waals surface area contributed by atoms with Gasteiger partial charge in [-0.05, 0) is 29.2 Å². The smallest absolute Gasteiger partial charge is 0.220 e. The summed E-state index contributed by atoms with van der Waals surface area (Å²) < 4.78 is 33.1. The summed E-state index contributed by atoms with van der Waals surface area (Å²) in [6.07, 6.45) is 1.01. The number of carbonyl (C=O) groups is 1. The summed E-state index contributed by atoms with van der Waals surface area (Å²) in [6.45, 7) is 1.93. The summed E-state index contributed by atoms with van der Waals surface area (Å²) in [5, 5.41) is 2.91. The number of sulfonamides is 1. The molecule has 2 aromatic rings. The first kappa shape index (κ1) is 22.0. The van der Waals surface area contributed by atoms with Crippen LogP contribution in [0.4, 0.5) is 0 Å². The van der Waals surface area contributed by atoms with Gasteiger partial charge in [0.25, 0.3) is 0 Å². The van der Waals surface area contributed by atoms with Gasteiger partial charge in [-0.3, -0.25) is 4.79 Å². The molecule has 1 amide bonds. The second-order valence-electron chi connectivity index (χ2n) is 6.90. The molecule has 0 aliphatic carbocycles. The number of rotatable bonds is 8. The largest absolute Gasteiger partial charge is 0.379 e. The van der Waals surface area contributed by atoms with Gasteiger partial charge in [-0.25, -0.2) is 8.42 Å². The van der Waals surface area contributed by atoms with E-state index in [9.17, 15) is 13.2 Å². The van der Waals surface area contributed by atoms with Crippen LogP contribution in [0.25, 0.3) is 0 Å². The summed E-state index contributed by atoms with van der Waals surface area (Å²) >= 11 is 3.49. The molecule has 8 heteroatoms. The number of nitrogens with zero attached hydrogens (tertiary/aromatic N) is 1. The minimum atomic E-state index is -3.41. The van der Waals surface area contributed by atoms with E-state index < -0.39 is 10.0 Å². The van der Waals surface area contributed by atoms with Gasteiger partial charge in [0.2, 0.25) is 15.9 Å². The Balaban J connectivity index is 1.57. The maximum absolute atomic E-state index is 12.7. The van der Waals surface area contributed by atoms with Gasteiger partial charge in [0, 0.05) is 30.5 Å². The first-order valence-electron chi connectivity index (χ1n) is 9.58. The third-order valence-electron chi connectivity index (χ3n) is 4.87. The molecule has 6 nitrogen and oxygen atoms in total. The van der Waals surface area contributed by atoms with Crippen molar-refractivity contribution in [2.24, 2.45) is 0 Å². The van der Waals surface area contributed by atoms with Crippen LogP contribution in [0.1, 0.15) is 23.1 Å². The molecule has 156 valence electrons. The highest BCUT2D eigenvalue weighted by Gasteiger charge is 2.25. The Morgan fingerprint density at radius 3 is 2.31 bits per heavy atom. The van der Waals surface area contributed by atoms with Crippen LogP contribution in [0.15, 0.2) is 53.0 Å². The van der Waals surface area contributed by atoms with Crippen molar-refractivity contribution in [3.63, 3.8) is 0 Å². The van der Waals surface area contributed by atoms with Crippen molar-refractivity contribution in [2.45, 2.75) is 25.1 Å². The van der Waals surface area contributed by atoms with Gasteiger partial charge in [0.15, 0.2) is 0 Å². The van der Waals surface area contributed by atoms with E-state index in [1.54, 1.807) is 6.07 Å². The first-order chi connectivity index (χ1) is 14.0. The molecule has 1 aliphatic rings. The molecule has 1 aliphatic heterocycles. The van der Waals surface area contributed by atoms with Gasteiger partial charge in [-0.2, -0.15) is 4.31 Å². The lowest BCUT2D eigenvalue weighted by Crippen LogP contribution is -2.41. The van der Waals surface area contributed by atoms with E-state index in [2.05, 4.69) is 21.2 Å². The molecule has 0 aromatic heterocycles. The van der Waals surface area contributed by atoms with Crippen LogP contribution in [-0.2, 0) is 38.3 Å². The normalized spacial score (nSPS) is 15.2. The van der Waals surface area contributed by atoms with Crippen LogP contribution in [0.2, 0.25) is 0 Å². The van der Waals surface area contributed by atoms with E-state index in [0.29, 0.717) is 51.3 Å². The highest BCUT2D eigenvalue weighted by molar-refractivity contribution is 9.10. The summed E-state index contributed by atoms with van der Waals surface area (Å²) in [7, 11) is -3.41. The fourth-order valence-corrected chi connectivity index (χ4v) is 5.26. The van der Waals surface area contributed by atoms with Crippen LogP contribution < -0.4 is 5.32 Å². The number of benzene rings is 2. The van der Waals surface area contributed by atoms with Crippen molar-refractivity contribution in [3.05, 3.63) is 69.7 Å². The SMILES string of the molecule is O=C(CCc1ccccc1Br)NCc1ccccc1CS(=O)(=O)N1CCOCC1. The highest BCUT2D eigenvalue weighted by atomic mass is 79.9. The molecule has 2 aromatic carbocycles. The Labute approximate surface area is 180 Å². The van der Waals surface area contributed by atoms with Crippen LogP contribution in [0.3, 0.4) is 0 Å². The van der Waals surface area contributed by atoms with Crippen molar-refractivity contribution >= 4 is 31.9 Å². The number of ether oxygens (including phenoxy) is 1. The first-order valence-corrected chi connectivity index (χ1v) is 12.0. The molecule has 0 unspecified atom stereocenters.